The molecule has 0 aliphatic heterocycles. The number of hydrogen-bond acceptors (Lipinski definition) is 1. The topological polar surface area (TPSA) is 20.2 Å². The predicted octanol–water partition coefficient (Wildman–Crippen LogP) is 4.27. The molecule has 16 heavy (non-hydrogen) atoms. The van der Waals surface area contributed by atoms with Crippen molar-refractivity contribution in [3.05, 3.63) is 52.3 Å². The summed E-state index contributed by atoms with van der Waals surface area (Å²) in [5.74, 6) is -0.117. The van der Waals surface area contributed by atoms with Gasteiger partial charge in [0.2, 0.25) is 0 Å². The van der Waals surface area contributed by atoms with Crippen LogP contribution in [0.15, 0.2) is 40.9 Å². The summed E-state index contributed by atoms with van der Waals surface area (Å²) in [5.41, 5.74) is 2.55. The van der Waals surface area contributed by atoms with Gasteiger partial charge in [-0.25, -0.2) is 4.39 Å². The van der Waals surface area contributed by atoms with Gasteiger partial charge in [0.25, 0.3) is 0 Å². The summed E-state index contributed by atoms with van der Waals surface area (Å²) in [7, 11) is 0. The van der Waals surface area contributed by atoms with Crippen molar-refractivity contribution in [2.75, 3.05) is 0 Å². The minimum Gasteiger partial charge on any atom is -0.508 e. The predicted molar refractivity (Wildman–Crippen MR) is 65.9 cm³/mol. The van der Waals surface area contributed by atoms with Crippen LogP contribution < -0.4 is 0 Å². The van der Waals surface area contributed by atoms with Crippen LogP contribution in [0.5, 0.6) is 5.75 Å². The highest BCUT2D eigenvalue weighted by Gasteiger charge is 2.05. The van der Waals surface area contributed by atoms with E-state index < -0.39 is 0 Å². The van der Waals surface area contributed by atoms with Crippen LogP contribution in [0.2, 0.25) is 0 Å². The third-order valence-corrected chi connectivity index (χ3v) is 2.85. The molecule has 1 N–H and O–H groups in total. The molecule has 0 aliphatic rings. The van der Waals surface area contributed by atoms with Crippen LogP contribution in [-0.4, -0.2) is 5.11 Å². The van der Waals surface area contributed by atoms with Gasteiger partial charge in [-0.15, -0.1) is 0 Å². The van der Waals surface area contributed by atoms with Gasteiger partial charge in [0, 0.05) is 4.47 Å². The van der Waals surface area contributed by atoms with E-state index in [4.69, 9.17) is 0 Å². The Morgan fingerprint density at radius 3 is 2.56 bits per heavy atom. The van der Waals surface area contributed by atoms with E-state index in [1.165, 1.54) is 12.1 Å². The van der Waals surface area contributed by atoms with E-state index in [9.17, 15) is 9.50 Å². The van der Waals surface area contributed by atoms with E-state index in [-0.39, 0.29) is 11.6 Å². The van der Waals surface area contributed by atoms with Crippen LogP contribution in [0.3, 0.4) is 0 Å². The number of hydrogen-bond donors (Lipinski definition) is 1. The Bertz CT molecular complexity index is 517. The number of halogens is 2. The van der Waals surface area contributed by atoms with Crippen molar-refractivity contribution >= 4 is 15.9 Å². The Morgan fingerprint density at radius 1 is 1.12 bits per heavy atom. The first-order valence-electron chi connectivity index (χ1n) is 4.82. The van der Waals surface area contributed by atoms with Crippen LogP contribution in [0.25, 0.3) is 11.1 Å². The van der Waals surface area contributed by atoms with Gasteiger partial charge in [-0.05, 0) is 53.9 Å². The molecule has 1 nitrogen and oxygen atoms in total. The quantitative estimate of drug-likeness (QED) is 0.827. The van der Waals surface area contributed by atoms with Crippen molar-refractivity contribution in [3.63, 3.8) is 0 Å². The molecule has 2 aromatic carbocycles. The number of rotatable bonds is 1. The van der Waals surface area contributed by atoms with E-state index >= 15 is 0 Å². The Kier molecular flexibility index (Phi) is 2.97. The fraction of sp³-hybridized carbons (Fsp3) is 0.0769. The number of benzene rings is 2. The van der Waals surface area contributed by atoms with Gasteiger partial charge in [-0.2, -0.15) is 0 Å². The molecule has 2 rings (SSSR count). The molecule has 0 saturated carbocycles. The van der Waals surface area contributed by atoms with E-state index in [0.717, 1.165) is 21.2 Å². The maximum atomic E-state index is 13.2. The summed E-state index contributed by atoms with van der Waals surface area (Å²) in [6.07, 6.45) is 0. The van der Waals surface area contributed by atoms with E-state index in [0.29, 0.717) is 0 Å². The van der Waals surface area contributed by atoms with Crippen LogP contribution in [-0.2, 0) is 0 Å². The van der Waals surface area contributed by atoms with Crippen LogP contribution in [0.1, 0.15) is 5.56 Å². The molecule has 0 unspecified atom stereocenters. The molecule has 0 aliphatic carbocycles. The number of aromatic hydroxyl groups is 1. The zero-order valence-corrected chi connectivity index (χ0v) is 10.3. The molecule has 0 heterocycles. The van der Waals surface area contributed by atoms with Gasteiger partial charge in [0.1, 0.15) is 11.6 Å². The lowest BCUT2D eigenvalue weighted by Crippen LogP contribution is -1.85. The smallest absolute Gasteiger partial charge is 0.123 e. The lowest BCUT2D eigenvalue weighted by molar-refractivity contribution is 0.475. The number of phenols is 1. The first-order valence-corrected chi connectivity index (χ1v) is 5.61. The maximum Gasteiger partial charge on any atom is 0.123 e. The molecule has 0 radical (unpaired) electrons. The van der Waals surface area contributed by atoms with Crippen molar-refractivity contribution in [3.8, 4) is 16.9 Å². The van der Waals surface area contributed by atoms with Crippen molar-refractivity contribution in [1.29, 1.82) is 0 Å². The van der Waals surface area contributed by atoms with Crippen LogP contribution in [0.4, 0.5) is 4.39 Å². The minimum atomic E-state index is -0.278. The summed E-state index contributed by atoms with van der Waals surface area (Å²) in [4.78, 5) is 0. The molecule has 82 valence electrons. The third kappa shape index (κ3) is 2.25. The summed E-state index contributed by atoms with van der Waals surface area (Å²) in [6.45, 7) is 1.91. The SMILES string of the molecule is Cc1ccc(F)cc1-c1cc(O)cc(Br)c1. The Labute approximate surface area is 102 Å². The van der Waals surface area contributed by atoms with E-state index in [1.807, 2.05) is 13.0 Å². The molecule has 0 spiro atoms. The fourth-order valence-corrected chi connectivity index (χ4v) is 2.12. The zero-order chi connectivity index (χ0) is 11.7. The molecule has 0 atom stereocenters. The summed E-state index contributed by atoms with van der Waals surface area (Å²) in [6, 6.07) is 9.68. The lowest BCUT2D eigenvalue weighted by atomic mass is 10.0. The maximum absolute atomic E-state index is 13.2. The second-order valence-corrected chi connectivity index (χ2v) is 4.57. The molecule has 0 saturated heterocycles. The molecular formula is C13H10BrFO. The fourth-order valence-electron chi connectivity index (χ4n) is 1.63. The highest BCUT2D eigenvalue weighted by atomic mass is 79.9. The average Bonchev–Trinajstić information content (AvgIpc) is 2.20. The second-order valence-electron chi connectivity index (χ2n) is 3.66. The molecule has 3 heteroatoms. The van der Waals surface area contributed by atoms with Crippen molar-refractivity contribution in [2.45, 2.75) is 6.92 Å². The monoisotopic (exact) mass is 280 g/mol. The third-order valence-electron chi connectivity index (χ3n) is 2.39. The largest absolute Gasteiger partial charge is 0.508 e. The van der Waals surface area contributed by atoms with Crippen molar-refractivity contribution in [2.24, 2.45) is 0 Å². The first kappa shape index (κ1) is 11.1. The van der Waals surface area contributed by atoms with Crippen molar-refractivity contribution < 1.29 is 9.50 Å². The van der Waals surface area contributed by atoms with Gasteiger partial charge in [-0.1, -0.05) is 22.0 Å². The summed E-state index contributed by atoms with van der Waals surface area (Å²) >= 11 is 3.30. The zero-order valence-electron chi connectivity index (χ0n) is 8.67. The van der Waals surface area contributed by atoms with Crippen LogP contribution >= 0.6 is 15.9 Å². The van der Waals surface area contributed by atoms with Gasteiger partial charge >= 0.3 is 0 Å². The highest BCUT2D eigenvalue weighted by Crippen LogP contribution is 2.30. The standard InChI is InChI=1S/C13H10BrFO/c1-8-2-3-11(15)7-13(8)9-4-10(14)6-12(16)5-9/h2-7,16H,1H3. The van der Waals surface area contributed by atoms with Gasteiger partial charge in [-0.3, -0.25) is 0 Å². The Hall–Kier alpha value is -1.35. The second kappa shape index (κ2) is 4.26. The van der Waals surface area contributed by atoms with Gasteiger partial charge < -0.3 is 5.11 Å². The summed E-state index contributed by atoms with van der Waals surface area (Å²) in [5, 5.41) is 9.49. The average molecular weight is 281 g/mol. The molecule has 2 aromatic rings. The molecule has 0 amide bonds. The number of aryl methyl sites for hydroxylation is 1. The molecule has 0 bridgehead atoms. The highest BCUT2D eigenvalue weighted by molar-refractivity contribution is 9.10. The Balaban J connectivity index is 2.62. The van der Waals surface area contributed by atoms with Gasteiger partial charge in [0.05, 0.1) is 0 Å². The molecule has 0 fully saturated rings. The Morgan fingerprint density at radius 2 is 1.88 bits per heavy atom. The van der Waals surface area contributed by atoms with Gasteiger partial charge in [0.15, 0.2) is 0 Å². The molecular weight excluding hydrogens is 271 g/mol. The van der Waals surface area contributed by atoms with E-state index in [1.54, 1.807) is 18.2 Å². The minimum absolute atomic E-state index is 0.160. The van der Waals surface area contributed by atoms with E-state index in [2.05, 4.69) is 15.9 Å². The normalized spacial score (nSPS) is 10.4. The lowest BCUT2D eigenvalue weighted by Gasteiger charge is -2.07. The first-order chi connectivity index (χ1) is 7.56. The number of phenolic OH excluding ortho intramolecular Hbond substituents is 1. The molecule has 0 aromatic heterocycles. The van der Waals surface area contributed by atoms with Crippen molar-refractivity contribution in [1.82, 2.24) is 0 Å². The van der Waals surface area contributed by atoms with Crippen LogP contribution in [0, 0.1) is 12.7 Å². The summed E-state index contributed by atoms with van der Waals surface area (Å²) < 4.78 is 13.9.